The van der Waals surface area contributed by atoms with Crippen molar-refractivity contribution in [1.29, 1.82) is 0 Å². The average Bonchev–Trinajstić information content (AvgIpc) is 2.62. The molecule has 0 spiro atoms. The van der Waals surface area contributed by atoms with E-state index in [1.165, 1.54) is 16.5 Å². The molecule has 0 saturated carbocycles. The number of nitrogens with zero attached hydrogens (tertiary/aromatic N) is 1. The molecular weight excluding hydrogens is 188 g/mol. The number of aromatic nitrogens is 1. The standard InChI is InChI=1S/C12H14N2O/c1-15-11-5-8-2-3-14-7-10(13)4-9(6-11)12(8)14/h2-3,5-6,10H,4,7,13H2,1H3. The van der Waals surface area contributed by atoms with Crippen LogP contribution < -0.4 is 10.5 Å². The number of hydrogen-bond donors (Lipinski definition) is 1. The highest BCUT2D eigenvalue weighted by molar-refractivity contribution is 5.85. The van der Waals surface area contributed by atoms with Gasteiger partial charge < -0.3 is 15.0 Å². The zero-order valence-corrected chi connectivity index (χ0v) is 8.73. The van der Waals surface area contributed by atoms with Crippen LogP contribution in [0, 0.1) is 0 Å². The van der Waals surface area contributed by atoms with E-state index >= 15 is 0 Å². The molecule has 1 aromatic heterocycles. The lowest BCUT2D eigenvalue weighted by Crippen LogP contribution is -2.31. The van der Waals surface area contributed by atoms with Gasteiger partial charge in [-0.1, -0.05) is 0 Å². The Morgan fingerprint density at radius 3 is 3.13 bits per heavy atom. The van der Waals surface area contributed by atoms with Crippen LogP contribution in [-0.2, 0) is 13.0 Å². The monoisotopic (exact) mass is 202 g/mol. The third-order valence-corrected chi connectivity index (χ3v) is 3.06. The molecule has 0 aliphatic carbocycles. The second-order valence-corrected chi connectivity index (χ2v) is 4.16. The van der Waals surface area contributed by atoms with E-state index in [0.29, 0.717) is 0 Å². The van der Waals surface area contributed by atoms with Crippen LogP contribution in [0.5, 0.6) is 5.75 Å². The maximum Gasteiger partial charge on any atom is 0.119 e. The summed E-state index contributed by atoms with van der Waals surface area (Å²) in [5, 5.41) is 1.25. The fourth-order valence-electron chi connectivity index (χ4n) is 2.44. The van der Waals surface area contributed by atoms with Crippen molar-refractivity contribution in [3.8, 4) is 5.75 Å². The molecule has 0 saturated heterocycles. The highest BCUT2D eigenvalue weighted by Crippen LogP contribution is 2.30. The highest BCUT2D eigenvalue weighted by atomic mass is 16.5. The molecule has 3 heteroatoms. The molecule has 1 aliphatic rings. The van der Waals surface area contributed by atoms with Crippen molar-refractivity contribution >= 4 is 10.9 Å². The summed E-state index contributed by atoms with van der Waals surface area (Å²) in [5.74, 6) is 0.921. The van der Waals surface area contributed by atoms with Crippen molar-refractivity contribution in [2.75, 3.05) is 7.11 Å². The molecule has 2 N–H and O–H groups in total. The van der Waals surface area contributed by atoms with Crippen LogP contribution >= 0.6 is 0 Å². The summed E-state index contributed by atoms with van der Waals surface area (Å²) in [6.45, 7) is 0.919. The van der Waals surface area contributed by atoms with E-state index in [1.54, 1.807) is 7.11 Å². The number of nitrogens with two attached hydrogens (primary N) is 1. The molecular formula is C12H14N2O. The first-order valence-electron chi connectivity index (χ1n) is 5.19. The summed E-state index contributed by atoms with van der Waals surface area (Å²) in [6.07, 6.45) is 3.05. The summed E-state index contributed by atoms with van der Waals surface area (Å²) >= 11 is 0. The predicted molar refractivity (Wildman–Crippen MR) is 60.2 cm³/mol. The summed E-state index contributed by atoms with van der Waals surface area (Å²) in [7, 11) is 1.70. The first kappa shape index (κ1) is 8.80. The summed E-state index contributed by atoms with van der Waals surface area (Å²) in [5.41, 5.74) is 8.63. The lowest BCUT2D eigenvalue weighted by molar-refractivity contribution is 0.414. The molecule has 3 nitrogen and oxygen atoms in total. The molecule has 0 fully saturated rings. The lowest BCUT2D eigenvalue weighted by atomic mass is 10.0. The second-order valence-electron chi connectivity index (χ2n) is 4.16. The summed E-state index contributed by atoms with van der Waals surface area (Å²) < 4.78 is 7.52. The smallest absolute Gasteiger partial charge is 0.119 e. The van der Waals surface area contributed by atoms with Crippen molar-refractivity contribution in [2.24, 2.45) is 5.73 Å². The van der Waals surface area contributed by atoms with Crippen LogP contribution in [-0.4, -0.2) is 17.7 Å². The van der Waals surface area contributed by atoms with Crippen LogP contribution in [0.3, 0.4) is 0 Å². The van der Waals surface area contributed by atoms with Gasteiger partial charge in [0.2, 0.25) is 0 Å². The molecule has 1 aliphatic heterocycles. The van der Waals surface area contributed by atoms with Gasteiger partial charge in [0.15, 0.2) is 0 Å². The van der Waals surface area contributed by atoms with Crippen LogP contribution in [0.15, 0.2) is 24.4 Å². The largest absolute Gasteiger partial charge is 0.497 e. The Morgan fingerprint density at radius 2 is 2.33 bits per heavy atom. The minimum absolute atomic E-state index is 0.222. The fraction of sp³-hybridized carbons (Fsp3) is 0.333. The first-order chi connectivity index (χ1) is 7.28. The van der Waals surface area contributed by atoms with E-state index in [2.05, 4.69) is 29.0 Å². The lowest BCUT2D eigenvalue weighted by Gasteiger charge is -2.22. The van der Waals surface area contributed by atoms with Crippen LogP contribution in [0.2, 0.25) is 0 Å². The molecule has 2 heterocycles. The number of methoxy groups -OCH3 is 1. The number of ether oxygens (including phenoxy) is 1. The van der Waals surface area contributed by atoms with Gasteiger partial charge >= 0.3 is 0 Å². The Bertz CT molecular complexity index is 516. The fourth-order valence-corrected chi connectivity index (χ4v) is 2.44. The molecule has 1 unspecified atom stereocenters. The van der Waals surface area contributed by atoms with Gasteiger partial charge in [0, 0.05) is 24.2 Å². The van der Waals surface area contributed by atoms with Crippen LogP contribution in [0.25, 0.3) is 10.9 Å². The quantitative estimate of drug-likeness (QED) is 0.761. The van der Waals surface area contributed by atoms with Crippen LogP contribution in [0.1, 0.15) is 5.56 Å². The van der Waals surface area contributed by atoms with E-state index in [1.807, 2.05) is 0 Å². The zero-order chi connectivity index (χ0) is 10.4. The Hall–Kier alpha value is -1.48. The zero-order valence-electron chi connectivity index (χ0n) is 8.73. The van der Waals surface area contributed by atoms with Gasteiger partial charge in [0.25, 0.3) is 0 Å². The van der Waals surface area contributed by atoms with Gasteiger partial charge in [0.1, 0.15) is 5.75 Å². The van der Waals surface area contributed by atoms with E-state index < -0.39 is 0 Å². The van der Waals surface area contributed by atoms with E-state index in [4.69, 9.17) is 10.5 Å². The van der Waals surface area contributed by atoms with Gasteiger partial charge in [0.05, 0.1) is 12.6 Å². The number of benzene rings is 1. The average molecular weight is 202 g/mol. The summed E-state index contributed by atoms with van der Waals surface area (Å²) in [4.78, 5) is 0. The van der Waals surface area contributed by atoms with Crippen molar-refractivity contribution < 1.29 is 4.74 Å². The van der Waals surface area contributed by atoms with Crippen molar-refractivity contribution in [2.45, 2.75) is 19.0 Å². The molecule has 1 aromatic carbocycles. The maximum atomic E-state index is 6.01. The topological polar surface area (TPSA) is 40.2 Å². The predicted octanol–water partition coefficient (Wildman–Crippen LogP) is 1.53. The first-order valence-corrected chi connectivity index (χ1v) is 5.19. The summed E-state index contributed by atoms with van der Waals surface area (Å²) in [6, 6.07) is 6.52. The van der Waals surface area contributed by atoms with Crippen molar-refractivity contribution in [1.82, 2.24) is 4.57 Å². The minimum atomic E-state index is 0.222. The molecule has 3 rings (SSSR count). The Balaban J connectivity index is 2.30. The number of rotatable bonds is 1. The van der Waals surface area contributed by atoms with Gasteiger partial charge in [-0.25, -0.2) is 0 Å². The molecule has 15 heavy (non-hydrogen) atoms. The van der Waals surface area contributed by atoms with E-state index in [9.17, 15) is 0 Å². The van der Waals surface area contributed by atoms with Gasteiger partial charge in [-0.05, 0) is 30.2 Å². The Kier molecular flexibility index (Phi) is 1.76. The molecule has 0 bridgehead atoms. The molecule has 0 amide bonds. The molecule has 1 atom stereocenters. The third kappa shape index (κ3) is 1.23. The maximum absolute atomic E-state index is 6.01. The highest BCUT2D eigenvalue weighted by Gasteiger charge is 2.18. The van der Waals surface area contributed by atoms with Gasteiger partial charge in [-0.3, -0.25) is 0 Å². The van der Waals surface area contributed by atoms with Gasteiger partial charge in [-0.15, -0.1) is 0 Å². The van der Waals surface area contributed by atoms with Crippen molar-refractivity contribution in [3.63, 3.8) is 0 Å². The van der Waals surface area contributed by atoms with Gasteiger partial charge in [-0.2, -0.15) is 0 Å². The minimum Gasteiger partial charge on any atom is -0.497 e. The van der Waals surface area contributed by atoms with Crippen LogP contribution in [0.4, 0.5) is 0 Å². The SMILES string of the molecule is COc1cc2c3c(ccn3CC(N)C2)c1. The second kappa shape index (κ2) is 3.00. The molecule has 0 radical (unpaired) electrons. The van der Waals surface area contributed by atoms with E-state index in [-0.39, 0.29) is 6.04 Å². The Morgan fingerprint density at radius 1 is 1.47 bits per heavy atom. The van der Waals surface area contributed by atoms with Crippen molar-refractivity contribution in [3.05, 3.63) is 30.0 Å². The number of hydrogen-bond acceptors (Lipinski definition) is 2. The third-order valence-electron chi connectivity index (χ3n) is 3.06. The molecule has 2 aromatic rings. The normalized spacial score (nSPS) is 19.5. The Labute approximate surface area is 88.4 Å². The van der Waals surface area contributed by atoms with E-state index in [0.717, 1.165) is 18.7 Å². The molecule has 78 valence electrons.